The minimum Gasteiger partial charge on any atom is -0.208 e. The maximum Gasteiger partial charge on any atom is 0.164 e. The molecule has 11 aromatic rings. The summed E-state index contributed by atoms with van der Waals surface area (Å²) in [5, 5.41) is 7.33. The standard InChI is InChI=1S/C59H39N3/c1-5-18-41(19-6-1)55(42-20-7-2-8-21-42)56(43-22-9-3-10-23-43)47-27-17-26-46(38-47)40-32-34-45(35-33-40)58-60-57(44-24-11-4-12-25-44)61-59(62-58)48-36-37-53-51-30-14-13-28-49(51)50-29-15-16-31-52(50)54(53)39-48/h1-39H. The lowest BCUT2D eigenvalue weighted by atomic mass is 9.85. The van der Waals surface area contributed by atoms with E-state index in [2.05, 4.69) is 218 Å². The molecule has 0 spiro atoms. The van der Waals surface area contributed by atoms with Crippen molar-refractivity contribution >= 4 is 43.5 Å². The Kier molecular flexibility index (Phi) is 9.53. The minimum atomic E-state index is 0.627. The van der Waals surface area contributed by atoms with Gasteiger partial charge in [-0.25, -0.2) is 15.0 Å². The van der Waals surface area contributed by atoms with E-state index in [1.807, 2.05) is 18.2 Å². The Morgan fingerprint density at radius 1 is 0.210 bits per heavy atom. The molecular formula is C59H39N3. The average Bonchev–Trinajstić information content (AvgIpc) is 3.36. The molecule has 0 fully saturated rings. The summed E-state index contributed by atoms with van der Waals surface area (Å²) in [4.78, 5) is 15.3. The van der Waals surface area contributed by atoms with Crippen LogP contribution in [0.4, 0.5) is 0 Å². The Labute approximate surface area is 361 Å². The Morgan fingerprint density at radius 2 is 0.548 bits per heavy atom. The van der Waals surface area contributed by atoms with Gasteiger partial charge in [-0.3, -0.25) is 0 Å². The fourth-order valence-electron chi connectivity index (χ4n) is 8.79. The van der Waals surface area contributed by atoms with Crippen molar-refractivity contribution in [3.8, 4) is 45.3 Å². The predicted molar refractivity (Wildman–Crippen MR) is 258 cm³/mol. The van der Waals surface area contributed by atoms with Crippen LogP contribution in [0.5, 0.6) is 0 Å². The molecule has 0 amide bonds. The van der Waals surface area contributed by atoms with Gasteiger partial charge in [0.2, 0.25) is 0 Å². The summed E-state index contributed by atoms with van der Waals surface area (Å²) in [6, 6.07) is 83.7. The van der Waals surface area contributed by atoms with E-state index >= 15 is 0 Å². The summed E-state index contributed by atoms with van der Waals surface area (Å²) in [5.41, 5.74) is 12.1. The molecule has 290 valence electrons. The van der Waals surface area contributed by atoms with Crippen molar-refractivity contribution in [3.05, 3.63) is 259 Å². The number of aromatic nitrogens is 3. The molecule has 3 nitrogen and oxygen atoms in total. The highest BCUT2D eigenvalue weighted by Crippen LogP contribution is 2.40. The SMILES string of the molecule is c1ccc(C(=C(c2ccccc2)c2cccc(-c3ccc(-c4nc(-c5ccccc5)nc(-c5ccc6c7ccccc7c7ccccc7c6c5)n4)cc3)c2)c2ccccc2)cc1. The van der Waals surface area contributed by atoms with Crippen LogP contribution in [0.25, 0.3) is 88.8 Å². The summed E-state index contributed by atoms with van der Waals surface area (Å²) >= 11 is 0. The second-order valence-electron chi connectivity index (χ2n) is 15.5. The average molecular weight is 790 g/mol. The van der Waals surface area contributed by atoms with Gasteiger partial charge in [-0.1, -0.05) is 224 Å². The molecular weight excluding hydrogens is 751 g/mol. The molecule has 0 bridgehead atoms. The van der Waals surface area contributed by atoms with E-state index in [0.717, 1.165) is 38.9 Å². The van der Waals surface area contributed by atoms with E-state index in [4.69, 9.17) is 15.0 Å². The van der Waals surface area contributed by atoms with Gasteiger partial charge < -0.3 is 0 Å². The van der Waals surface area contributed by atoms with Crippen LogP contribution in [0.15, 0.2) is 237 Å². The molecule has 0 saturated carbocycles. The monoisotopic (exact) mass is 789 g/mol. The quantitative estimate of drug-likeness (QED) is 0.114. The molecule has 62 heavy (non-hydrogen) atoms. The van der Waals surface area contributed by atoms with E-state index in [0.29, 0.717) is 17.5 Å². The largest absolute Gasteiger partial charge is 0.208 e. The number of hydrogen-bond donors (Lipinski definition) is 0. The van der Waals surface area contributed by atoms with Gasteiger partial charge in [0, 0.05) is 16.7 Å². The van der Waals surface area contributed by atoms with E-state index < -0.39 is 0 Å². The zero-order valence-corrected chi connectivity index (χ0v) is 33.9. The summed E-state index contributed by atoms with van der Waals surface area (Å²) in [6.45, 7) is 0. The van der Waals surface area contributed by atoms with Crippen LogP contribution in [0.2, 0.25) is 0 Å². The summed E-state index contributed by atoms with van der Waals surface area (Å²) < 4.78 is 0. The van der Waals surface area contributed by atoms with Crippen LogP contribution in [0.3, 0.4) is 0 Å². The highest BCUT2D eigenvalue weighted by molar-refractivity contribution is 6.25. The van der Waals surface area contributed by atoms with Gasteiger partial charge in [0.05, 0.1) is 0 Å². The first kappa shape index (κ1) is 36.8. The Morgan fingerprint density at radius 3 is 1.06 bits per heavy atom. The smallest absolute Gasteiger partial charge is 0.164 e. The van der Waals surface area contributed by atoms with E-state index in [1.54, 1.807) is 0 Å². The van der Waals surface area contributed by atoms with Crippen molar-refractivity contribution < 1.29 is 0 Å². The number of fused-ring (bicyclic) bond motifs is 6. The maximum atomic E-state index is 5.17. The van der Waals surface area contributed by atoms with Crippen LogP contribution in [0, 0.1) is 0 Å². The molecule has 1 heterocycles. The summed E-state index contributed by atoms with van der Waals surface area (Å²) in [5.74, 6) is 1.90. The van der Waals surface area contributed by atoms with E-state index in [-0.39, 0.29) is 0 Å². The van der Waals surface area contributed by atoms with Crippen molar-refractivity contribution in [2.45, 2.75) is 0 Å². The van der Waals surface area contributed by atoms with Crippen molar-refractivity contribution in [3.63, 3.8) is 0 Å². The lowest BCUT2D eigenvalue weighted by molar-refractivity contribution is 1.07. The third-order valence-corrected chi connectivity index (χ3v) is 11.7. The third-order valence-electron chi connectivity index (χ3n) is 11.7. The lowest BCUT2D eigenvalue weighted by Crippen LogP contribution is -2.00. The molecule has 10 aromatic carbocycles. The van der Waals surface area contributed by atoms with E-state index in [1.165, 1.54) is 54.6 Å². The van der Waals surface area contributed by atoms with Gasteiger partial charge >= 0.3 is 0 Å². The zero-order valence-electron chi connectivity index (χ0n) is 33.9. The van der Waals surface area contributed by atoms with Gasteiger partial charge in [-0.15, -0.1) is 0 Å². The van der Waals surface area contributed by atoms with Crippen LogP contribution in [0.1, 0.15) is 22.3 Å². The zero-order chi connectivity index (χ0) is 41.2. The fraction of sp³-hybridized carbons (Fsp3) is 0. The second-order valence-corrected chi connectivity index (χ2v) is 15.5. The molecule has 0 aliphatic rings. The van der Waals surface area contributed by atoms with E-state index in [9.17, 15) is 0 Å². The summed E-state index contributed by atoms with van der Waals surface area (Å²) in [7, 11) is 0. The van der Waals surface area contributed by atoms with Crippen molar-refractivity contribution in [2.24, 2.45) is 0 Å². The Balaban J connectivity index is 1.02. The van der Waals surface area contributed by atoms with Crippen LogP contribution >= 0.6 is 0 Å². The van der Waals surface area contributed by atoms with Gasteiger partial charge in [0.25, 0.3) is 0 Å². The number of hydrogen-bond acceptors (Lipinski definition) is 3. The van der Waals surface area contributed by atoms with Crippen molar-refractivity contribution in [1.82, 2.24) is 15.0 Å². The maximum absolute atomic E-state index is 5.17. The summed E-state index contributed by atoms with van der Waals surface area (Å²) in [6.07, 6.45) is 0. The molecule has 0 aliphatic heterocycles. The number of rotatable bonds is 8. The Hall–Kier alpha value is -8.27. The topological polar surface area (TPSA) is 38.7 Å². The first-order valence-electron chi connectivity index (χ1n) is 21.0. The van der Waals surface area contributed by atoms with Crippen LogP contribution in [-0.4, -0.2) is 15.0 Å². The number of benzene rings is 10. The molecule has 1 aromatic heterocycles. The molecule has 0 atom stereocenters. The third kappa shape index (κ3) is 6.92. The number of nitrogens with zero attached hydrogens (tertiary/aromatic N) is 3. The highest BCUT2D eigenvalue weighted by atomic mass is 15.0. The van der Waals surface area contributed by atoms with Gasteiger partial charge in [-0.2, -0.15) is 0 Å². The van der Waals surface area contributed by atoms with Crippen molar-refractivity contribution in [1.29, 1.82) is 0 Å². The lowest BCUT2D eigenvalue weighted by Gasteiger charge is -2.19. The highest BCUT2D eigenvalue weighted by Gasteiger charge is 2.18. The van der Waals surface area contributed by atoms with Crippen LogP contribution in [-0.2, 0) is 0 Å². The molecule has 0 aliphatic carbocycles. The molecule has 0 saturated heterocycles. The predicted octanol–water partition coefficient (Wildman–Crippen LogP) is 15.0. The molecule has 11 rings (SSSR count). The Bertz CT molecular complexity index is 3340. The molecule has 0 N–H and O–H groups in total. The van der Waals surface area contributed by atoms with Crippen LogP contribution < -0.4 is 0 Å². The van der Waals surface area contributed by atoms with Gasteiger partial charge in [0.1, 0.15) is 0 Å². The molecule has 0 unspecified atom stereocenters. The fourth-order valence-corrected chi connectivity index (χ4v) is 8.79. The molecule has 0 radical (unpaired) electrons. The first-order valence-corrected chi connectivity index (χ1v) is 21.0. The normalized spacial score (nSPS) is 11.2. The van der Waals surface area contributed by atoms with Gasteiger partial charge in [0.15, 0.2) is 17.5 Å². The first-order chi connectivity index (χ1) is 30.7. The van der Waals surface area contributed by atoms with Gasteiger partial charge in [-0.05, 0) is 89.0 Å². The molecule has 3 heteroatoms. The van der Waals surface area contributed by atoms with Crippen molar-refractivity contribution in [2.75, 3.05) is 0 Å². The minimum absolute atomic E-state index is 0.627. The second kappa shape index (κ2) is 16.1.